The molecule has 0 unspecified atom stereocenters. The number of aromatic hydroxyl groups is 1. The molecule has 86 valence electrons. The highest BCUT2D eigenvalue weighted by Gasteiger charge is 2.12. The number of non-ortho nitro benzene ring substituents is 1. The number of phenols is 1. The Labute approximate surface area is 91.4 Å². The second-order valence-corrected chi connectivity index (χ2v) is 3.28. The zero-order chi connectivity index (χ0) is 12.3. The van der Waals surface area contributed by atoms with Crippen molar-refractivity contribution in [2.45, 2.75) is 0 Å². The number of carbonyl (C=O) groups is 1. The first-order chi connectivity index (χ1) is 7.41. The lowest BCUT2D eigenvalue weighted by molar-refractivity contribution is -0.384. The molecule has 0 aliphatic rings. The minimum absolute atomic E-state index is 0.129. The Bertz CT molecular complexity index is 431. The molecule has 0 saturated carbocycles. The Kier molecular flexibility index (Phi) is 3.29. The van der Waals surface area contributed by atoms with Gasteiger partial charge in [-0.1, -0.05) is 0 Å². The topological polar surface area (TPSA) is 95.7 Å². The van der Waals surface area contributed by atoms with E-state index in [1.807, 2.05) is 0 Å². The van der Waals surface area contributed by atoms with E-state index in [0.717, 1.165) is 6.07 Å². The van der Waals surface area contributed by atoms with Crippen LogP contribution in [0.1, 0.15) is 0 Å². The highest BCUT2D eigenvalue weighted by atomic mass is 16.6. The summed E-state index contributed by atoms with van der Waals surface area (Å²) >= 11 is 0. The summed E-state index contributed by atoms with van der Waals surface area (Å²) in [4.78, 5) is 22.3. The average molecular weight is 225 g/mol. The van der Waals surface area contributed by atoms with Gasteiger partial charge in [-0.25, -0.2) is 4.79 Å². The third-order valence-electron chi connectivity index (χ3n) is 1.84. The van der Waals surface area contributed by atoms with Gasteiger partial charge in [0.05, 0.1) is 16.7 Å². The number of phenolic OH excluding ortho intramolecular Hbond substituents is 1. The van der Waals surface area contributed by atoms with E-state index in [-0.39, 0.29) is 17.1 Å². The minimum Gasteiger partial charge on any atom is -0.506 e. The van der Waals surface area contributed by atoms with E-state index in [1.54, 1.807) is 0 Å². The molecular weight excluding hydrogens is 214 g/mol. The van der Waals surface area contributed by atoms with Crippen LogP contribution in [0.25, 0.3) is 0 Å². The van der Waals surface area contributed by atoms with Crippen molar-refractivity contribution in [2.75, 3.05) is 19.4 Å². The van der Waals surface area contributed by atoms with Crippen LogP contribution in [0.4, 0.5) is 16.2 Å². The second-order valence-electron chi connectivity index (χ2n) is 3.28. The highest BCUT2D eigenvalue weighted by Crippen LogP contribution is 2.27. The molecule has 0 aliphatic heterocycles. The van der Waals surface area contributed by atoms with Crippen LogP contribution in [0, 0.1) is 10.1 Å². The van der Waals surface area contributed by atoms with Crippen molar-refractivity contribution < 1.29 is 14.8 Å². The molecular formula is C9H11N3O4. The number of nitrogens with one attached hydrogen (secondary N) is 1. The summed E-state index contributed by atoms with van der Waals surface area (Å²) in [5.41, 5.74) is -0.107. The molecule has 7 nitrogen and oxygen atoms in total. The lowest BCUT2D eigenvalue weighted by Crippen LogP contribution is -2.27. The van der Waals surface area contributed by atoms with Gasteiger partial charge in [0.25, 0.3) is 5.69 Å². The molecule has 7 heteroatoms. The van der Waals surface area contributed by atoms with Gasteiger partial charge in [-0.15, -0.1) is 0 Å². The molecule has 1 rings (SSSR count). The standard InChI is InChI=1S/C9H11N3O4/c1-11(2)9(14)10-7-4-3-6(12(15)16)5-8(7)13/h3-5,13H,1-2H3,(H,10,14). The number of hydrogen-bond donors (Lipinski definition) is 2. The predicted molar refractivity (Wildman–Crippen MR) is 57.5 cm³/mol. The van der Waals surface area contributed by atoms with Crippen LogP contribution in [0.2, 0.25) is 0 Å². The summed E-state index contributed by atoms with van der Waals surface area (Å²) in [6, 6.07) is 3.02. The van der Waals surface area contributed by atoms with Crippen molar-refractivity contribution in [2.24, 2.45) is 0 Å². The fourth-order valence-corrected chi connectivity index (χ4v) is 0.966. The van der Waals surface area contributed by atoms with Gasteiger partial charge in [0.2, 0.25) is 0 Å². The molecule has 0 radical (unpaired) electrons. The Balaban J connectivity index is 2.91. The van der Waals surface area contributed by atoms with Gasteiger partial charge in [0.15, 0.2) is 0 Å². The van der Waals surface area contributed by atoms with Gasteiger partial charge >= 0.3 is 6.03 Å². The lowest BCUT2D eigenvalue weighted by Gasteiger charge is -2.12. The molecule has 0 spiro atoms. The van der Waals surface area contributed by atoms with Gasteiger partial charge in [-0.3, -0.25) is 10.1 Å². The van der Waals surface area contributed by atoms with Gasteiger partial charge in [0.1, 0.15) is 5.75 Å². The van der Waals surface area contributed by atoms with Crippen molar-refractivity contribution >= 4 is 17.4 Å². The molecule has 0 aromatic heterocycles. The van der Waals surface area contributed by atoms with Crippen molar-refractivity contribution in [1.82, 2.24) is 4.90 Å². The number of nitro groups is 1. The van der Waals surface area contributed by atoms with Crippen LogP contribution in [0.15, 0.2) is 18.2 Å². The van der Waals surface area contributed by atoms with E-state index in [0.29, 0.717) is 0 Å². The zero-order valence-electron chi connectivity index (χ0n) is 8.80. The Morgan fingerprint density at radius 1 is 1.50 bits per heavy atom. The molecule has 1 aromatic carbocycles. The highest BCUT2D eigenvalue weighted by molar-refractivity contribution is 5.90. The molecule has 0 bridgehead atoms. The molecule has 0 heterocycles. The molecule has 0 saturated heterocycles. The van der Waals surface area contributed by atoms with Gasteiger partial charge in [-0.2, -0.15) is 0 Å². The summed E-state index contributed by atoms with van der Waals surface area (Å²) in [5, 5.41) is 22.2. The molecule has 2 N–H and O–H groups in total. The van der Waals surface area contributed by atoms with Crippen molar-refractivity contribution in [3.05, 3.63) is 28.3 Å². The monoisotopic (exact) mass is 225 g/mol. The first-order valence-electron chi connectivity index (χ1n) is 4.37. The molecule has 2 amide bonds. The number of nitro benzene ring substituents is 1. The summed E-state index contributed by atoms with van der Waals surface area (Å²) in [7, 11) is 3.08. The van der Waals surface area contributed by atoms with Crippen LogP contribution in [-0.4, -0.2) is 35.1 Å². The van der Waals surface area contributed by atoms with Crippen molar-refractivity contribution in [1.29, 1.82) is 0 Å². The molecule has 1 aromatic rings. The maximum absolute atomic E-state index is 11.3. The van der Waals surface area contributed by atoms with Crippen molar-refractivity contribution in [3.63, 3.8) is 0 Å². The zero-order valence-corrected chi connectivity index (χ0v) is 8.80. The van der Waals surface area contributed by atoms with E-state index in [1.165, 1.54) is 31.1 Å². The first-order valence-corrected chi connectivity index (χ1v) is 4.37. The number of amides is 2. The summed E-state index contributed by atoms with van der Waals surface area (Å²) < 4.78 is 0. The van der Waals surface area contributed by atoms with E-state index in [2.05, 4.69) is 5.32 Å². The number of hydrogen-bond acceptors (Lipinski definition) is 4. The van der Waals surface area contributed by atoms with Gasteiger partial charge in [-0.05, 0) is 6.07 Å². The van der Waals surface area contributed by atoms with E-state index >= 15 is 0 Å². The Morgan fingerprint density at radius 2 is 2.12 bits per heavy atom. The van der Waals surface area contributed by atoms with Crippen molar-refractivity contribution in [3.8, 4) is 5.75 Å². The number of benzene rings is 1. The molecule has 0 fully saturated rings. The quantitative estimate of drug-likeness (QED) is 0.451. The number of carbonyl (C=O) groups excluding carboxylic acids is 1. The Hall–Kier alpha value is -2.31. The smallest absolute Gasteiger partial charge is 0.321 e. The van der Waals surface area contributed by atoms with Crippen LogP contribution in [0.5, 0.6) is 5.75 Å². The predicted octanol–water partition coefficient (Wildman–Crippen LogP) is 1.39. The van der Waals surface area contributed by atoms with E-state index in [9.17, 15) is 20.0 Å². The number of nitrogens with zero attached hydrogens (tertiary/aromatic N) is 2. The van der Waals surface area contributed by atoms with Gasteiger partial charge < -0.3 is 15.3 Å². The average Bonchev–Trinajstić information content (AvgIpc) is 2.20. The molecule has 0 aliphatic carbocycles. The number of rotatable bonds is 2. The minimum atomic E-state index is -0.628. The lowest BCUT2D eigenvalue weighted by atomic mass is 10.2. The van der Waals surface area contributed by atoms with Crippen LogP contribution >= 0.6 is 0 Å². The second kappa shape index (κ2) is 4.47. The third kappa shape index (κ3) is 2.59. The summed E-state index contributed by atoms with van der Waals surface area (Å²) in [6.07, 6.45) is 0. The third-order valence-corrected chi connectivity index (χ3v) is 1.84. The Morgan fingerprint density at radius 3 is 2.56 bits per heavy atom. The number of urea groups is 1. The maximum Gasteiger partial charge on any atom is 0.321 e. The first kappa shape index (κ1) is 11.8. The maximum atomic E-state index is 11.3. The molecule has 0 atom stereocenters. The normalized spacial score (nSPS) is 9.62. The largest absolute Gasteiger partial charge is 0.506 e. The fraction of sp³-hybridized carbons (Fsp3) is 0.222. The van der Waals surface area contributed by atoms with Crippen LogP contribution in [-0.2, 0) is 0 Å². The fourth-order valence-electron chi connectivity index (χ4n) is 0.966. The summed E-state index contributed by atoms with van der Waals surface area (Å²) in [5.74, 6) is -0.343. The van der Waals surface area contributed by atoms with Gasteiger partial charge in [0, 0.05) is 20.2 Å². The summed E-state index contributed by atoms with van der Waals surface area (Å²) in [6.45, 7) is 0. The van der Waals surface area contributed by atoms with Crippen LogP contribution in [0.3, 0.4) is 0 Å². The van der Waals surface area contributed by atoms with E-state index < -0.39 is 11.0 Å². The SMILES string of the molecule is CN(C)C(=O)Nc1ccc([N+](=O)[O-])cc1O. The molecule has 16 heavy (non-hydrogen) atoms. The van der Waals surface area contributed by atoms with E-state index in [4.69, 9.17) is 0 Å². The van der Waals surface area contributed by atoms with Crippen LogP contribution < -0.4 is 5.32 Å². The number of anilines is 1.